The summed E-state index contributed by atoms with van der Waals surface area (Å²) in [7, 11) is 0. The lowest BCUT2D eigenvalue weighted by molar-refractivity contribution is 0.1000. The second-order valence-corrected chi connectivity index (χ2v) is 8.83. The van der Waals surface area contributed by atoms with E-state index in [0.29, 0.717) is 11.0 Å². The molecule has 1 aliphatic carbocycles. The summed E-state index contributed by atoms with van der Waals surface area (Å²) in [6.45, 7) is 8.80. The van der Waals surface area contributed by atoms with Crippen LogP contribution >= 0.6 is 12.4 Å². The van der Waals surface area contributed by atoms with Crippen LogP contribution in [0.15, 0.2) is 42.5 Å². The number of nitrogens with one attached hydrogen (secondary N) is 1. The summed E-state index contributed by atoms with van der Waals surface area (Å²) >= 11 is 0. The van der Waals surface area contributed by atoms with Crippen LogP contribution < -0.4 is 11.1 Å². The highest BCUT2D eigenvalue weighted by molar-refractivity contribution is 5.93. The van der Waals surface area contributed by atoms with E-state index in [0.717, 1.165) is 30.1 Å². The number of primary amides is 1. The molecule has 0 aromatic heterocycles. The van der Waals surface area contributed by atoms with Crippen LogP contribution in [0.3, 0.4) is 0 Å². The Morgan fingerprint density at radius 1 is 1.14 bits per heavy atom. The van der Waals surface area contributed by atoms with Crippen molar-refractivity contribution < 1.29 is 4.79 Å². The van der Waals surface area contributed by atoms with Gasteiger partial charge in [0.15, 0.2) is 0 Å². The number of amides is 1. The first kappa shape index (κ1) is 22.4. The van der Waals surface area contributed by atoms with Crippen LogP contribution in [0, 0.1) is 18.3 Å². The number of hydrogen-bond donors (Lipinski definition) is 2. The van der Waals surface area contributed by atoms with Crippen LogP contribution in [0.2, 0.25) is 0 Å². The summed E-state index contributed by atoms with van der Waals surface area (Å²) in [5.41, 5.74) is 11.2. The van der Waals surface area contributed by atoms with Crippen LogP contribution in [-0.4, -0.2) is 12.5 Å². The smallest absolute Gasteiger partial charge is 0.248 e. The molecule has 2 aromatic rings. The van der Waals surface area contributed by atoms with E-state index in [1.807, 2.05) is 19.1 Å². The minimum absolute atomic E-state index is 0. The number of benzene rings is 2. The van der Waals surface area contributed by atoms with Crippen molar-refractivity contribution in [3.8, 4) is 11.1 Å². The van der Waals surface area contributed by atoms with E-state index >= 15 is 0 Å². The Balaban J connectivity index is 0.00000280. The van der Waals surface area contributed by atoms with E-state index in [2.05, 4.69) is 43.4 Å². The van der Waals surface area contributed by atoms with Gasteiger partial charge in [-0.2, -0.15) is 0 Å². The van der Waals surface area contributed by atoms with Crippen molar-refractivity contribution >= 4 is 18.3 Å². The van der Waals surface area contributed by atoms with Crippen molar-refractivity contribution in [3.63, 3.8) is 0 Å². The average molecular weight is 401 g/mol. The maximum Gasteiger partial charge on any atom is 0.248 e. The first-order chi connectivity index (χ1) is 12.8. The number of carbonyl (C=O) groups is 1. The first-order valence-corrected chi connectivity index (χ1v) is 10.0. The van der Waals surface area contributed by atoms with Gasteiger partial charge in [-0.1, -0.05) is 38.1 Å². The van der Waals surface area contributed by atoms with Crippen molar-refractivity contribution in [3.05, 3.63) is 59.2 Å². The fraction of sp³-hybridized carbons (Fsp3) is 0.458. The number of hydrogen-bond acceptors (Lipinski definition) is 2. The Kier molecular flexibility index (Phi) is 7.68. The quantitative estimate of drug-likeness (QED) is 0.673. The van der Waals surface area contributed by atoms with Crippen molar-refractivity contribution in [2.75, 3.05) is 6.54 Å². The predicted molar refractivity (Wildman–Crippen MR) is 120 cm³/mol. The van der Waals surface area contributed by atoms with Gasteiger partial charge in [0.2, 0.25) is 5.91 Å². The van der Waals surface area contributed by atoms with Gasteiger partial charge in [-0.05, 0) is 90.9 Å². The third kappa shape index (κ3) is 5.83. The lowest BCUT2D eigenvalue weighted by Gasteiger charge is -2.34. The highest BCUT2D eigenvalue weighted by Crippen LogP contribution is 2.37. The van der Waals surface area contributed by atoms with E-state index in [-0.39, 0.29) is 18.3 Å². The van der Waals surface area contributed by atoms with Gasteiger partial charge in [-0.3, -0.25) is 4.79 Å². The molecule has 3 rings (SSSR count). The molecule has 2 aromatic carbocycles. The Morgan fingerprint density at radius 2 is 1.86 bits per heavy atom. The number of carbonyl (C=O) groups excluding carboxylic acids is 1. The van der Waals surface area contributed by atoms with Crippen LogP contribution in [0.1, 0.15) is 61.0 Å². The number of halogens is 1. The van der Waals surface area contributed by atoms with Gasteiger partial charge in [-0.25, -0.2) is 0 Å². The minimum atomic E-state index is -0.381. The number of rotatable bonds is 6. The van der Waals surface area contributed by atoms with Gasteiger partial charge in [-0.15, -0.1) is 12.4 Å². The molecule has 1 fully saturated rings. The summed E-state index contributed by atoms with van der Waals surface area (Å²) in [4.78, 5) is 11.4. The molecule has 1 aliphatic rings. The molecule has 0 atom stereocenters. The normalized spacial score (nSPS) is 16.4. The largest absolute Gasteiger partial charge is 0.366 e. The molecule has 1 saturated carbocycles. The SMILES string of the molecule is Cc1cc(C(N)=O)ccc1-c1cccc(CNCC2CCC(C)(C)CC2)c1.Cl. The second-order valence-electron chi connectivity index (χ2n) is 8.83. The zero-order chi connectivity index (χ0) is 19.4. The summed E-state index contributed by atoms with van der Waals surface area (Å²) in [6, 6.07) is 14.3. The molecule has 0 saturated heterocycles. The number of aryl methyl sites for hydroxylation is 1. The van der Waals surface area contributed by atoms with Crippen molar-refractivity contribution in [2.45, 2.75) is 53.0 Å². The monoisotopic (exact) mass is 400 g/mol. The molecule has 0 heterocycles. The van der Waals surface area contributed by atoms with Gasteiger partial charge in [0.05, 0.1) is 0 Å². The second kappa shape index (κ2) is 9.58. The van der Waals surface area contributed by atoms with E-state index in [1.165, 1.54) is 36.8 Å². The van der Waals surface area contributed by atoms with Crippen molar-refractivity contribution in [1.29, 1.82) is 0 Å². The summed E-state index contributed by atoms with van der Waals surface area (Å²) < 4.78 is 0. The molecule has 3 nitrogen and oxygen atoms in total. The third-order valence-electron chi connectivity index (χ3n) is 5.97. The van der Waals surface area contributed by atoms with Crippen LogP contribution in [0.5, 0.6) is 0 Å². The molecule has 0 radical (unpaired) electrons. The van der Waals surface area contributed by atoms with Crippen LogP contribution in [0.25, 0.3) is 11.1 Å². The molecule has 4 heteroatoms. The van der Waals surface area contributed by atoms with E-state index in [9.17, 15) is 4.79 Å². The van der Waals surface area contributed by atoms with E-state index in [4.69, 9.17) is 5.73 Å². The topological polar surface area (TPSA) is 55.1 Å². The Labute approximate surface area is 175 Å². The predicted octanol–water partition coefficient (Wildman–Crippen LogP) is 5.49. The minimum Gasteiger partial charge on any atom is -0.366 e. The molecule has 152 valence electrons. The molecular weight excluding hydrogens is 368 g/mol. The van der Waals surface area contributed by atoms with Crippen molar-refractivity contribution in [1.82, 2.24) is 5.32 Å². The van der Waals surface area contributed by atoms with E-state index < -0.39 is 0 Å². The summed E-state index contributed by atoms with van der Waals surface area (Å²) in [5, 5.41) is 3.65. The van der Waals surface area contributed by atoms with Gasteiger partial charge < -0.3 is 11.1 Å². The van der Waals surface area contributed by atoms with Crippen molar-refractivity contribution in [2.24, 2.45) is 17.1 Å². The Hall–Kier alpha value is -1.84. The molecule has 28 heavy (non-hydrogen) atoms. The zero-order valence-corrected chi connectivity index (χ0v) is 18.1. The fourth-order valence-electron chi connectivity index (χ4n) is 4.07. The Morgan fingerprint density at radius 3 is 2.50 bits per heavy atom. The summed E-state index contributed by atoms with van der Waals surface area (Å²) in [6.07, 6.45) is 5.36. The third-order valence-corrected chi connectivity index (χ3v) is 5.97. The maximum atomic E-state index is 11.4. The lowest BCUT2D eigenvalue weighted by atomic mass is 9.73. The zero-order valence-electron chi connectivity index (χ0n) is 17.3. The fourth-order valence-corrected chi connectivity index (χ4v) is 4.07. The van der Waals surface area contributed by atoms with Gasteiger partial charge in [0, 0.05) is 12.1 Å². The molecule has 0 aliphatic heterocycles. The standard InChI is InChI=1S/C24H32N2O.ClH/c1-17-13-21(23(25)27)7-8-22(17)20-6-4-5-19(14-20)16-26-15-18-9-11-24(2,3)12-10-18;/h4-8,13-14,18,26H,9-12,15-16H2,1-3H3,(H2,25,27);1H. The summed E-state index contributed by atoms with van der Waals surface area (Å²) in [5.74, 6) is 0.429. The molecule has 3 N–H and O–H groups in total. The average Bonchev–Trinajstić information content (AvgIpc) is 2.63. The van der Waals surface area contributed by atoms with Gasteiger partial charge in [0.25, 0.3) is 0 Å². The lowest BCUT2D eigenvalue weighted by Crippen LogP contribution is -2.28. The highest BCUT2D eigenvalue weighted by atomic mass is 35.5. The van der Waals surface area contributed by atoms with Crippen LogP contribution in [0.4, 0.5) is 0 Å². The molecule has 0 unspecified atom stereocenters. The van der Waals surface area contributed by atoms with Gasteiger partial charge in [0.1, 0.15) is 0 Å². The molecule has 1 amide bonds. The van der Waals surface area contributed by atoms with Crippen LogP contribution in [-0.2, 0) is 6.54 Å². The number of nitrogens with two attached hydrogens (primary N) is 1. The molecule has 0 spiro atoms. The highest BCUT2D eigenvalue weighted by Gasteiger charge is 2.26. The molecular formula is C24H33ClN2O. The van der Waals surface area contributed by atoms with E-state index in [1.54, 1.807) is 6.07 Å². The maximum absolute atomic E-state index is 11.4. The first-order valence-electron chi connectivity index (χ1n) is 10.0. The van der Waals surface area contributed by atoms with Gasteiger partial charge >= 0.3 is 0 Å². The molecule has 0 bridgehead atoms. The Bertz CT molecular complexity index is 806.